The molecule has 2 aromatic heterocycles. The Kier molecular flexibility index (Phi) is 6.80. The first-order chi connectivity index (χ1) is 11.7. The van der Waals surface area contributed by atoms with Gasteiger partial charge < -0.3 is 19.3 Å². The summed E-state index contributed by atoms with van der Waals surface area (Å²) in [6, 6.07) is 10.0. The normalized spacial score (nSPS) is 11.4. The van der Waals surface area contributed by atoms with Gasteiger partial charge in [0.2, 0.25) is 0 Å². The molecular weight excluding hydrogens is 431 g/mol. The van der Waals surface area contributed by atoms with Crippen molar-refractivity contribution >= 4 is 41.0 Å². The van der Waals surface area contributed by atoms with Gasteiger partial charge in [-0.3, -0.25) is 4.99 Å². The van der Waals surface area contributed by atoms with E-state index in [1.165, 1.54) is 0 Å². The van der Waals surface area contributed by atoms with Crippen molar-refractivity contribution in [2.24, 2.45) is 4.99 Å². The van der Waals surface area contributed by atoms with Gasteiger partial charge in [-0.25, -0.2) is 4.98 Å². The molecule has 0 aliphatic heterocycles. The summed E-state index contributed by atoms with van der Waals surface area (Å²) in [5.41, 5.74) is 3.06. The molecule has 8 heteroatoms. The molecule has 1 N–H and O–H groups in total. The van der Waals surface area contributed by atoms with Crippen molar-refractivity contribution in [3.05, 3.63) is 48.1 Å². The maximum absolute atomic E-state index is 4.87. The zero-order valence-corrected chi connectivity index (χ0v) is 17.0. The highest BCUT2D eigenvalue weighted by Gasteiger charge is 2.10. The summed E-state index contributed by atoms with van der Waals surface area (Å²) < 4.78 is 7.08. The SMILES string of the molecule is CN=C(NCCn1c(C)nc2ccccc21)N(C)Cc1ccon1.I. The molecule has 0 atom stereocenters. The molecule has 25 heavy (non-hydrogen) atoms. The molecule has 0 aliphatic rings. The number of aliphatic imine (C=N–C) groups is 1. The lowest BCUT2D eigenvalue weighted by atomic mass is 10.3. The van der Waals surface area contributed by atoms with Crippen LogP contribution < -0.4 is 5.32 Å². The van der Waals surface area contributed by atoms with E-state index in [0.29, 0.717) is 6.54 Å². The van der Waals surface area contributed by atoms with Crippen molar-refractivity contribution in [3.8, 4) is 0 Å². The predicted octanol–water partition coefficient (Wildman–Crippen LogP) is 2.66. The first kappa shape index (κ1) is 19.2. The van der Waals surface area contributed by atoms with Crippen LogP contribution in [0.15, 0.2) is 46.1 Å². The first-order valence-electron chi connectivity index (χ1n) is 7.92. The number of aromatic nitrogens is 3. The van der Waals surface area contributed by atoms with E-state index in [-0.39, 0.29) is 24.0 Å². The Morgan fingerprint density at radius 1 is 1.32 bits per heavy atom. The third-order valence-corrected chi connectivity index (χ3v) is 3.93. The van der Waals surface area contributed by atoms with E-state index < -0.39 is 0 Å². The average molecular weight is 454 g/mol. The molecule has 0 unspecified atom stereocenters. The average Bonchev–Trinajstić information content (AvgIpc) is 3.19. The molecule has 0 bridgehead atoms. The second kappa shape index (κ2) is 8.84. The second-order valence-electron chi connectivity index (χ2n) is 5.62. The van der Waals surface area contributed by atoms with E-state index >= 15 is 0 Å². The largest absolute Gasteiger partial charge is 0.364 e. The van der Waals surface area contributed by atoms with Crippen LogP contribution in [-0.4, -0.2) is 46.2 Å². The smallest absolute Gasteiger partial charge is 0.193 e. The summed E-state index contributed by atoms with van der Waals surface area (Å²) >= 11 is 0. The Balaban J connectivity index is 0.00000225. The fourth-order valence-corrected chi connectivity index (χ4v) is 2.78. The summed E-state index contributed by atoms with van der Waals surface area (Å²) in [7, 11) is 3.75. The van der Waals surface area contributed by atoms with Crippen molar-refractivity contribution in [2.75, 3.05) is 20.6 Å². The van der Waals surface area contributed by atoms with Crippen molar-refractivity contribution in [2.45, 2.75) is 20.0 Å². The maximum Gasteiger partial charge on any atom is 0.193 e. The number of para-hydroxylation sites is 2. The molecule has 0 saturated heterocycles. The van der Waals surface area contributed by atoms with Crippen molar-refractivity contribution in [1.82, 2.24) is 24.9 Å². The number of halogens is 1. The number of nitrogens with one attached hydrogen (secondary N) is 1. The summed E-state index contributed by atoms with van der Waals surface area (Å²) in [5.74, 6) is 1.84. The Morgan fingerprint density at radius 2 is 2.12 bits per heavy atom. The van der Waals surface area contributed by atoms with Crippen LogP contribution >= 0.6 is 24.0 Å². The van der Waals surface area contributed by atoms with Gasteiger partial charge in [0.15, 0.2) is 5.96 Å². The molecule has 7 nitrogen and oxygen atoms in total. The maximum atomic E-state index is 4.87. The quantitative estimate of drug-likeness (QED) is 0.365. The van der Waals surface area contributed by atoms with Gasteiger partial charge in [-0.05, 0) is 19.1 Å². The molecule has 0 spiro atoms. The minimum Gasteiger partial charge on any atom is -0.364 e. The number of guanidine groups is 1. The number of nitrogens with zero attached hydrogens (tertiary/aromatic N) is 5. The van der Waals surface area contributed by atoms with Crippen LogP contribution in [0.3, 0.4) is 0 Å². The molecule has 2 heterocycles. The van der Waals surface area contributed by atoms with Crippen molar-refractivity contribution in [1.29, 1.82) is 0 Å². The zero-order valence-electron chi connectivity index (χ0n) is 14.6. The van der Waals surface area contributed by atoms with Crippen LogP contribution in [0.4, 0.5) is 0 Å². The Morgan fingerprint density at radius 3 is 2.84 bits per heavy atom. The lowest BCUT2D eigenvalue weighted by Gasteiger charge is -2.21. The van der Waals surface area contributed by atoms with Gasteiger partial charge in [0.05, 0.1) is 17.6 Å². The van der Waals surface area contributed by atoms with Gasteiger partial charge in [-0.1, -0.05) is 17.3 Å². The molecule has 0 aliphatic carbocycles. The van der Waals surface area contributed by atoms with E-state index in [4.69, 9.17) is 4.52 Å². The third-order valence-electron chi connectivity index (χ3n) is 3.93. The fourth-order valence-electron chi connectivity index (χ4n) is 2.78. The van der Waals surface area contributed by atoms with Gasteiger partial charge in [0.25, 0.3) is 0 Å². The number of benzene rings is 1. The van der Waals surface area contributed by atoms with Crippen LogP contribution in [0.25, 0.3) is 11.0 Å². The van der Waals surface area contributed by atoms with Gasteiger partial charge in [0.1, 0.15) is 17.8 Å². The third kappa shape index (κ3) is 4.50. The summed E-state index contributed by atoms with van der Waals surface area (Å²) in [5, 5.41) is 7.31. The molecule has 0 amide bonds. The number of fused-ring (bicyclic) bond motifs is 1. The highest BCUT2D eigenvalue weighted by Crippen LogP contribution is 2.14. The molecular formula is C17H23IN6O. The van der Waals surface area contributed by atoms with E-state index in [2.05, 4.69) is 31.1 Å². The molecule has 1 aromatic carbocycles. The molecule has 0 fully saturated rings. The lowest BCUT2D eigenvalue weighted by molar-refractivity contribution is 0.391. The van der Waals surface area contributed by atoms with Crippen LogP contribution in [0, 0.1) is 6.92 Å². The molecule has 0 saturated carbocycles. The summed E-state index contributed by atoms with van der Waals surface area (Å²) in [6.07, 6.45) is 1.58. The van der Waals surface area contributed by atoms with Crippen molar-refractivity contribution < 1.29 is 4.52 Å². The molecule has 3 rings (SSSR count). The van der Waals surface area contributed by atoms with Gasteiger partial charge in [0, 0.05) is 33.3 Å². The van der Waals surface area contributed by atoms with Crippen LogP contribution in [-0.2, 0) is 13.1 Å². The highest BCUT2D eigenvalue weighted by atomic mass is 127. The number of rotatable bonds is 5. The number of hydrogen-bond donors (Lipinski definition) is 1. The minimum atomic E-state index is 0. The van der Waals surface area contributed by atoms with Gasteiger partial charge >= 0.3 is 0 Å². The predicted molar refractivity (Wildman–Crippen MR) is 109 cm³/mol. The number of imidazole rings is 1. The van der Waals surface area contributed by atoms with E-state index in [1.807, 2.05) is 43.1 Å². The van der Waals surface area contributed by atoms with E-state index in [9.17, 15) is 0 Å². The first-order valence-corrected chi connectivity index (χ1v) is 7.92. The van der Waals surface area contributed by atoms with Crippen LogP contribution in [0.5, 0.6) is 0 Å². The zero-order chi connectivity index (χ0) is 16.9. The van der Waals surface area contributed by atoms with E-state index in [1.54, 1.807) is 13.3 Å². The Hall–Kier alpha value is -2.10. The topological polar surface area (TPSA) is 71.5 Å². The second-order valence-corrected chi connectivity index (χ2v) is 5.62. The summed E-state index contributed by atoms with van der Waals surface area (Å²) in [6.45, 7) is 4.26. The molecule has 3 aromatic rings. The highest BCUT2D eigenvalue weighted by molar-refractivity contribution is 14.0. The Bertz CT molecular complexity index is 827. The van der Waals surface area contributed by atoms with Crippen molar-refractivity contribution in [3.63, 3.8) is 0 Å². The van der Waals surface area contributed by atoms with Crippen LogP contribution in [0.1, 0.15) is 11.5 Å². The molecule has 134 valence electrons. The van der Waals surface area contributed by atoms with E-state index in [0.717, 1.165) is 41.6 Å². The summed E-state index contributed by atoms with van der Waals surface area (Å²) in [4.78, 5) is 10.9. The fraction of sp³-hybridized carbons (Fsp3) is 0.353. The number of aryl methyl sites for hydroxylation is 1. The molecule has 0 radical (unpaired) electrons. The Labute approximate surface area is 164 Å². The van der Waals surface area contributed by atoms with Gasteiger partial charge in [-0.15, -0.1) is 24.0 Å². The lowest BCUT2D eigenvalue weighted by Crippen LogP contribution is -2.39. The standard InChI is InChI=1S/C17H22N6O.HI/c1-13-20-15-6-4-5-7-16(15)23(13)10-9-19-17(18-2)22(3)12-14-8-11-24-21-14;/h4-8,11H,9-10,12H2,1-3H3,(H,18,19);1H. The minimum absolute atomic E-state index is 0. The monoisotopic (exact) mass is 454 g/mol. The van der Waals surface area contributed by atoms with Crippen LogP contribution in [0.2, 0.25) is 0 Å². The van der Waals surface area contributed by atoms with Gasteiger partial charge in [-0.2, -0.15) is 0 Å². The number of hydrogen-bond acceptors (Lipinski definition) is 4.